The molecule has 1 saturated carbocycles. The summed E-state index contributed by atoms with van der Waals surface area (Å²) >= 11 is 0. The zero-order valence-corrected chi connectivity index (χ0v) is 12.3. The van der Waals surface area contributed by atoms with E-state index >= 15 is 0 Å². The Morgan fingerprint density at radius 3 is 2.65 bits per heavy atom. The molecule has 2 nitrogen and oxygen atoms in total. The molecule has 3 heteroatoms. The summed E-state index contributed by atoms with van der Waals surface area (Å²) in [5.74, 6) is 1.56. The summed E-state index contributed by atoms with van der Waals surface area (Å²) in [6.45, 7) is 4.26. The number of hydrogen-bond acceptors (Lipinski definition) is 2. The summed E-state index contributed by atoms with van der Waals surface area (Å²) in [5.41, 5.74) is 7.96. The van der Waals surface area contributed by atoms with Crippen LogP contribution in [0, 0.1) is 17.7 Å². The van der Waals surface area contributed by atoms with Crippen molar-refractivity contribution in [3.05, 3.63) is 29.6 Å². The first-order valence-electron chi connectivity index (χ1n) is 7.97. The Morgan fingerprint density at radius 1 is 1.30 bits per heavy atom. The first kappa shape index (κ1) is 13.9. The monoisotopic (exact) mass is 276 g/mol. The van der Waals surface area contributed by atoms with E-state index in [0.29, 0.717) is 6.42 Å². The van der Waals surface area contributed by atoms with Gasteiger partial charge in [0.25, 0.3) is 0 Å². The standard InChI is InChI=1S/C17H25FN2/c1-2-14(19)9-15-16(18)7-4-8-17(15)20-10-12-5-3-6-13(12)11-20/h4,7-8,12-14H,2-3,5-6,9-11,19H2,1H3. The summed E-state index contributed by atoms with van der Waals surface area (Å²) in [4.78, 5) is 2.40. The van der Waals surface area contributed by atoms with Crippen molar-refractivity contribution in [2.45, 2.75) is 45.1 Å². The highest BCUT2D eigenvalue weighted by atomic mass is 19.1. The Labute approximate surface area is 121 Å². The molecule has 1 heterocycles. The minimum atomic E-state index is -0.0940. The van der Waals surface area contributed by atoms with Crippen molar-refractivity contribution in [1.29, 1.82) is 0 Å². The highest BCUT2D eigenvalue weighted by Gasteiger charge is 2.36. The topological polar surface area (TPSA) is 29.3 Å². The van der Waals surface area contributed by atoms with Gasteiger partial charge in [-0.15, -0.1) is 0 Å². The molecule has 3 atom stereocenters. The molecule has 0 amide bonds. The van der Waals surface area contributed by atoms with Crippen LogP contribution in [-0.4, -0.2) is 19.1 Å². The van der Waals surface area contributed by atoms with Crippen LogP contribution in [-0.2, 0) is 6.42 Å². The normalized spacial score (nSPS) is 26.9. The van der Waals surface area contributed by atoms with Gasteiger partial charge in [0.2, 0.25) is 0 Å². The molecule has 0 aromatic heterocycles. The number of fused-ring (bicyclic) bond motifs is 1. The molecule has 3 unspecified atom stereocenters. The fraction of sp³-hybridized carbons (Fsp3) is 0.647. The molecule has 2 fully saturated rings. The number of nitrogens with two attached hydrogens (primary N) is 1. The number of nitrogens with zero attached hydrogens (tertiary/aromatic N) is 1. The molecule has 20 heavy (non-hydrogen) atoms. The third-order valence-electron chi connectivity index (χ3n) is 5.15. The molecule has 3 rings (SSSR count). The fourth-order valence-electron chi connectivity index (χ4n) is 3.88. The second-order valence-corrected chi connectivity index (χ2v) is 6.47. The lowest BCUT2D eigenvalue weighted by Crippen LogP contribution is -2.26. The highest BCUT2D eigenvalue weighted by Crippen LogP contribution is 2.40. The van der Waals surface area contributed by atoms with Gasteiger partial charge in [0, 0.05) is 30.4 Å². The smallest absolute Gasteiger partial charge is 0.128 e. The van der Waals surface area contributed by atoms with E-state index in [1.165, 1.54) is 19.3 Å². The van der Waals surface area contributed by atoms with E-state index in [2.05, 4.69) is 17.9 Å². The van der Waals surface area contributed by atoms with Crippen LogP contribution >= 0.6 is 0 Å². The Morgan fingerprint density at radius 2 is 2.00 bits per heavy atom. The Bertz CT molecular complexity index is 462. The van der Waals surface area contributed by atoms with Crippen molar-refractivity contribution in [2.75, 3.05) is 18.0 Å². The van der Waals surface area contributed by atoms with E-state index in [0.717, 1.165) is 42.6 Å². The quantitative estimate of drug-likeness (QED) is 0.914. The van der Waals surface area contributed by atoms with Gasteiger partial charge in [-0.3, -0.25) is 0 Å². The maximum absolute atomic E-state index is 14.2. The first-order valence-corrected chi connectivity index (χ1v) is 7.97. The van der Waals surface area contributed by atoms with Crippen LogP contribution in [0.25, 0.3) is 0 Å². The van der Waals surface area contributed by atoms with Crippen LogP contribution in [0.2, 0.25) is 0 Å². The zero-order chi connectivity index (χ0) is 14.1. The predicted molar refractivity (Wildman–Crippen MR) is 81.4 cm³/mol. The lowest BCUT2D eigenvalue weighted by Gasteiger charge is -2.24. The van der Waals surface area contributed by atoms with Crippen molar-refractivity contribution >= 4 is 5.69 Å². The van der Waals surface area contributed by atoms with Gasteiger partial charge in [-0.05, 0) is 49.7 Å². The number of hydrogen-bond donors (Lipinski definition) is 1. The zero-order valence-electron chi connectivity index (χ0n) is 12.3. The molecule has 2 N–H and O–H groups in total. The van der Waals surface area contributed by atoms with Gasteiger partial charge in [0.1, 0.15) is 5.82 Å². The van der Waals surface area contributed by atoms with Crippen molar-refractivity contribution in [2.24, 2.45) is 17.6 Å². The van der Waals surface area contributed by atoms with Gasteiger partial charge in [0.05, 0.1) is 0 Å². The third kappa shape index (κ3) is 2.56. The van der Waals surface area contributed by atoms with Crippen LogP contribution < -0.4 is 10.6 Å². The lowest BCUT2D eigenvalue weighted by molar-refractivity contribution is 0.494. The van der Waals surface area contributed by atoms with E-state index in [1.54, 1.807) is 6.07 Å². The molecule has 1 aliphatic carbocycles. The second-order valence-electron chi connectivity index (χ2n) is 6.47. The number of anilines is 1. The van der Waals surface area contributed by atoms with Gasteiger partial charge >= 0.3 is 0 Å². The molecule has 0 radical (unpaired) electrons. The maximum atomic E-state index is 14.2. The predicted octanol–water partition coefficient (Wildman–Crippen LogP) is 3.34. The molecule has 2 aliphatic rings. The van der Waals surface area contributed by atoms with Crippen molar-refractivity contribution in [3.8, 4) is 0 Å². The Kier molecular flexibility index (Phi) is 3.97. The van der Waals surface area contributed by atoms with Crippen LogP contribution in [0.1, 0.15) is 38.2 Å². The molecule has 0 bridgehead atoms. The van der Waals surface area contributed by atoms with E-state index in [9.17, 15) is 4.39 Å². The maximum Gasteiger partial charge on any atom is 0.128 e. The third-order valence-corrected chi connectivity index (χ3v) is 5.15. The summed E-state index contributed by atoms with van der Waals surface area (Å²) in [7, 11) is 0. The van der Waals surface area contributed by atoms with E-state index in [4.69, 9.17) is 5.73 Å². The van der Waals surface area contributed by atoms with Crippen molar-refractivity contribution in [1.82, 2.24) is 0 Å². The molecule has 0 spiro atoms. The number of halogens is 1. The molecular formula is C17H25FN2. The van der Waals surface area contributed by atoms with Gasteiger partial charge < -0.3 is 10.6 Å². The van der Waals surface area contributed by atoms with Gasteiger partial charge in [-0.1, -0.05) is 19.4 Å². The second kappa shape index (κ2) is 5.72. The van der Waals surface area contributed by atoms with E-state index < -0.39 is 0 Å². The summed E-state index contributed by atoms with van der Waals surface area (Å²) in [6.07, 6.45) is 5.60. The molecule has 110 valence electrons. The fourth-order valence-corrected chi connectivity index (χ4v) is 3.88. The SMILES string of the molecule is CCC(N)Cc1c(F)cccc1N1CC2CCCC2C1. The largest absolute Gasteiger partial charge is 0.371 e. The van der Waals surface area contributed by atoms with Gasteiger partial charge in [-0.2, -0.15) is 0 Å². The summed E-state index contributed by atoms with van der Waals surface area (Å²) in [6, 6.07) is 5.52. The van der Waals surface area contributed by atoms with Gasteiger partial charge in [-0.25, -0.2) is 4.39 Å². The van der Waals surface area contributed by atoms with Crippen LogP contribution in [0.4, 0.5) is 10.1 Å². The van der Waals surface area contributed by atoms with Crippen molar-refractivity contribution < 1.29 is 4.39 Å². The molecular weight excluding hydrogens is 251 g/mol. The van der Waals surface area contributed by atoms with Crippen LogP contribution in [0.5, 0.6) is 0 Å². The lowest BCUT2D eigenvalue weighted by atomic mass is 10.0. The molecule has 1 aromatic rings. The molecule has 1 aliphatic heterocycles. The average Bonchev–Trinajstić information content (AvgIpc) is 3.01. The number of benzene rings is 1. The minimum absolute atomic E-state index is 0.0488. The molecule has 1 saturated heterocycles. The summed E-state index contributed by atoms with van der Waals surface area (Å²) < 4.78 is 14.2. The highest BCUT2D eigenvalue weighted by molar-refractivity contribution is 5.55. The minimum Gasteiger partial charge on any atom is -0.371 e. The van der Waals surface area contributed by atoms with Crippen LogP contribution in [0.3, 0.4) is 0 Å². The Balaban J connectivity index is 1.84. The summed E-state index contributed by atoms with van der Waals surface area (Å²) in [5, 5.41) is 0. The van der Waals surface area contributed by atoms with E-state index in [-0.39, 0.29) is 11.9 Å². The Hall–Kier alpha value is -1.09. The number of rotatable bonds is 4. The van der Waals surface area contributed by atoms with Crippen molar-refractivity contribution in [3.63, 3.8) is 0 Å². The van der Waals surface area contributed by atoms with Gasteiger partial charge in [0.15, 0.2) is 0 Å². The van der Waals surface area contributed by atoms with E-state index in [1.807, 2.05) is 6.07 Å². The van der Waals surface area contributed by atoms with Crippen LogP contribution in [0.15, 0.2) is 18.2 Å². The average molecular weight is 276 g/mol. The molecule has 1 aromatic carbocycles. The first-order chi connectivity index (χ1) is 9.69.